The zero-order valence-electron chi connectivity index (χ0n) is 4.72. The minimum Gasteiger partial charge on any atom is -0.267 e. The van der Waals surface area contributed by atoms with Crippen LogP contribution in [0.4, 0.5) is 0 Å². The normalized spacial score (nSPS) is 17.1. The number of aliphatic imine (C=N–C) groups is 1. The van der Waals surface area contributed by atoms with Crippen molar-refractivity contribution in [2.45, 2.75) is 13.3 Å². The third-order valence-electron chi connectivity index (χ3n) is 1.03. The van der Waals surface area contributed by atoms with E-state index in [9.17, 15) is 4.79 Å². The van der Waals surface area contributed by atoms with E-state index < -0.39 is 0 Å². The molecule has 1 rings (SSSR count). The number of rotatable bonds is 1. The quantitative estimate of drug-likeness (QED) is 0.492. The lowest BCUT2D eigenvalue weighted by Gasteiger charge is -1.81. The van der Waals surface area contributed by atoms with Crippen LogP contribution in [0.3, 0.4) is 0 Å². The van der Waals surface area contributed by atoms with Crippen LogP contribution in [0, 0.1) is 0 Å². The van der Waals surface area contributed by atoms with Crippen LogP contribution in [-0.4, -0.2) is 11.6 Å². The predicted molar refractivity (Wildman–Crippen MR) is 31.9 cm³/mol. The van der Waals surface area contributed by atoms with Gasteiger partial charge in [-0.15, -0.1) is 0 Å². The van der Waals surface area contributed by atoms with Crippen molar-refractivity contribution in [1.29, 1.82) is 0 Å². The van der Waals surface area contributed by atoms with E-state index in [2.05, 4.69) is 4.99 Å². The molecule has 0 unspecified atom stereocenters. The van der Waals surface area contributed by atoms with Gasteiger partial charge in [0.25, 0.3) is 5.91 Å². The van der Waals surface area contributed by atoms with Crippen molar-refractivity contribution in [3.8, 4) is 0 Å². The molecule has 1 amide bonds. The Morgan fingerprint density at radius 2 is 2.38 bits per heavy atom. The Balaban J connectivity index is 2.72. The number of carbonyl (C=O) groups is 1. The van der Waals surface area contributed by atoms with Gasteiger partial charge in [0.2, 0.25) is 0 Å². The maximum atomic E-state index is 10.3. The van der Waals surface area contributed by atoms with Crippen molar-refractivity contribution >= 4 is 11.6 Å². The van der Waals surface area contributed by atoms with Gasteiger partial charge in [0.05, 0.1) is 0 Å². The van der Waals surface area contributed by atoms with Gasteiger partial charge in [0.15, 0.2) is 0 Å². The number of carbonyl (C=O) groups excluding carboxylic acids is 1. The molecule has 0 saturated heterocycles. The van der Waals surface area contributed by atoms with Crippen molar-refractivity contribution in [2.75, 3.05) is 0 Å². The van der Waals surface area contributed by atoms with Gasteiger partial charge in [-0.25, -0.2) is 4.99 Å². The van der Waals surface area contributed by atoms with Gasteiger partial charge in [0.1, 0.15) is 0 Å². The maximum Gasteiger partial charge on any atom is 0.269 e. The fourth-order valence-corrected chi connectivity index (χ4v) is 0.580. The van der Waals surface area contributed by atoms with Crippen LogP contribution in [-0.2, 0) is 4.79 Å². The molecule has 1 heterocycles. The maximum absolute atomic E-state index is 10.3. The molecule has 0 aromatic heterocycles. The smallest absolute Gasteiger partial charge is 0.267 e. The van der Waals surface area contributed by atoms with Gasteiger partial charge in [-0.05, 0) is 12.5 Å². The Morgan fingerprint density at radius 1 is 1.62 bits per heavy atom. The molecular formula is C6H7NO. The van der Waals surface area contributed by atoms with Crippen molar-refractivity contribution in [1.82, 2.24) is 0 Å². The average Bonchev–Trinajstić information content (AvgIpc) is 2.14. The highest BCUT2D eigenvalue weighted by Crippen LogP contribution is 1.97. The summed E-state index contributed by atoms with van der Waals surface area (Å²) in [7, 11) is 0. The molecule has 0 fully saturated rings. The first-order valence-corrected chi connectivity index (χ1v) is 2.62. The summed E-state index contributed by atoms with van der Waals surface area (Å²) in [4.78, 5) is 14.0. The lowest BCUT2D eigenvalue weighted by atomic mass is 10.3. The highest BCUT2D eigenvalue weighted by Gasteiger charge is 2.01. The number of hydrogen-bond donors (Lipinski definition) is 0. The fourth-order valence-electron chi connectivity index (χ4n) is 0.580. The van der Waals surface area contributed by atoms with E-state index in [1.54, 1.807) is 6.08 Å². The van der Waals surface area contributed by atoms with Crippen molar-refractivity contribution in [3.63, 3.8) is 0 Å². The summed E-state index contributed by atoms with van der Waals surface area (Å²) in [6.07, 6.45) is 4.09. The first kappa shape index (κ1) is 5.22. The SMILES string of the molecule is CCC1=NC(=O)C=C1. The minimum atomic E-state index is -0.123. The van der Waals surface area contributed by atoms with Gasteiger partial charge in [0, 0.05) is 11.8 Å². The Kier molecular flexibility index (Phi) is 1.24. The van der Waals surface area contributed by atoms with Gasteiger partial charge in [-0.2, -0.15) is 0 Å². The standard InChI is InChI=1S/C6H7NO/c1-2-5-3-4-6(8)7-5/h3-4H,2H2,1H3. The van der Waals surface area contributed by atoms with Gasteiger partial charge >= 0.3 is 0 Å². The topological polar surface area (TPSA) is 29.4 Å². The van der Waals surface area contributed by atoms with Gasteiger partial charge in [-0.1, -0.05) is 6.92 Å². The highest BCUT2D eigenvalue weighted by molar-refractivity contribution is 6.12. The molecule has 0 bridgehead atoms. The molecule has 0 spiro atoms. The van der Waals surface area contributed by atoms with Crippen molar-refractivity contribution in [3.05, 3.63) is 12.2 Å². The first-order valence-electron chi connectivity index (χ1n) is 2.62. The van der Waals surface area contributed by atoms with Crippen LogP contribution < -0.4 is 0 Å². The molecule has 0 saturated carbocycles. The van der Waals surface area contributed by atoms with Crippen molar-refractivity contribution in [2.24, 2.45) is 4.99 Å². The third-order valence-corrected chi connectivity index (χ3v) is 1.03. The molecule has 0 radical (unpaired) electrons. The number of amides is 1. The van der Waals surface area contributed by atoms with E-state index in [1.807, 2.05) is 6.92 Å². The molecule has 0 N–H and O–H groups in total. The van der Waals surface area contributed by atoms with Crippen LogP contribution >= 0.6 is 0 Å². The van der Waals surface area contributed by atoms with E-state index >= 15 is 0 Å². The Hall–Kier alpha value is -0.920. The van der Waals surface area contributed by atoms with E-state index in [4.69, 9.17) is 0 Å². The molecular weight excluding hydrogens is 102 g/mol. The predicted octanol–water partition coefficient (Wildman–Crippen LogP) is 0.934. The van der Waals surface area contributed by atoms with Crippen LogP contribution in [0.25, 0.3) is 0 Å². The summed E-state index contributed by atoms with van der Waals surface area (Å²) < 4.78 is 0. The van der Waals surface area contributed by atoms with Crippen LogP contribution in [0.5, 0.6) is 0 Å². The van der Waals surface area contributed by atoms with Crippen LogP contribution in [0.15, 0.2) is 17.1 Å². The molecule has 0 aromatic carbocycles. The Labute approximate surface area is 47.9 Å². The Bertz CT molecular complexity index is 167. The monoisotopic (exact) mass is 109 g/mol. The third kappa shape index (κ3) is 0.832. The molecule has 0 aromatic rings. The van der Waals surface area contributed by atoms with Crippen LogP contribution in [0.1, 0.15) is 13.3 Å². The molecule has 8 heavy (non-hydrogen) atoms. The largest absolute Gasteiger partial charge is 0.269 e. The summed E-state index contributed by atoms with van der Waals surface area (Å²) >= 11 is 0. The van der Waals surface area contributed by atoms with Gasteiger partial charge < -0.3 is 0 Å². The number of nitrogens with zero attached hydrogens (tertiary/aromatic N) is 1. The van der Waals surface area contributed by atoms with Gasteiger partial charge in [-0.3, -0.25) is 4.79 Å². The fraction of sp³-hybridized carbons (Fsp3) is 0.333. The lowest BCUT2D eigenvalue weighted by molar-refractivity contribution is -0.113. The highest BCUT2D eigenvalue weighted by atomic mass is 16.1. The van der Waals surface area contributed by atoms with E-state index in [1.165, 1.54) is 6.08 Å². The summed E-state index contributed by atoms with van der Waals surface area (Å²) in [5.74, 6) is -0.123. The van der Waals surface area contributed by atoms with E-state index in [0.29, 0.717) is 0 Å². The second-order valence-electron chi connectivity index (χ2n) is 1.63. The molecule has 1 aliphatic rings. The second-order valence-corrected chi connectivity index (χ2v) is 1.63. The van der Waals surface area contributed by atoms with E-state index in [-0.39, 0.29) is 5.91 Å². The molecule has 0 aliphatic carbocycles. The lowest BCUT2D eigenvalue weighted by Crippen LogP contribution is -1.85. The zero-order chi connectivity index (χ0) is 5.98. The summed E-state index contributed by atoms with van der Waals surface area (Å²) in [5.41, 5.74) is 0.884. The Morgan fingerprint density at radius 3 is 2.62 bits per heavy atom. The molecule has 0 atom stereocenters. The molecule has 2 nitrogen and oxygen atoms in total. The summed E-state index contributed by atoms with van der Waals surface area (Å²) in [6.45, 7) is 1.97. The molecule has 2 heteroatoms. The average molecular weight is 109 g/mol. The van der Waals surface area contributed by atoms with E-state index in [0.717, 1.165) is 12.1 Å². The zero-order valence-corrected chi connectivity index (χ0v) is 4.72. The second kappa shape index (κ2) is 1.90. The molecule has 42 valence electrons. The molecule has 1 aliphatic heterocycles. The van der Waals surface area contributed by atoms with Crippen LogP contribution in [0.2, 0.25) is 0 Å². The number of hydrogen-bond acceptors (Lipinski definition) is 1. The first-order chi connectivity index (χ1) is 3.83. The summed E-state index contributed by atoms with van der Waals surface area (Å²) in [5, 5.41) is 0. The minimum absolute atomic E-state index is 0.123. The van der Waals surface area contributed by atoms with Crippen molar-refractivity contribution < 1.29 is 4.79 Å². The summed E-state index contributed by atoms with van der Waals surface area (Å²) in [6, 6.07) is 0. The number of allylic oxidation sites excluding steroid dienone is 1.